The van der Waals surface area contributed by atoms with Crippen LogP contribution in [0.2, 0.25) is 0 Å². The highest BCUT2D eigenvalue weighted by molar-refractivity contribution is 5.91. The highest BCUT2D eigenvalue weighted by Crippen LogP contribution is 2.43. The van der Waals surface area contributed by atoms with Gasteiger partial charge in [-0.25, -0.2) is 0 Å². The van der Waals surface area contributed by atoms with E-state index < -0.39 is 85.8 Å². The Kier molecular flexibility index (Phi) is 9.89. The smallest absolute Gasteiger partial charge is 0.229 e. The zero-order chi connectivity index (χ0) is 33.4. The van der Waals surface area contributed by atoms with E-state index in [4.69, 9.17) is 32.8 Å². The number of aromatic hydroxyl groups is 2. The molecule has 0 saturated carbocycles. The van der Waals surface area contributed by atoms with Crippen LogP contribution < -0.4 is 19.6 Å². The SMILES string of the molecule is COc1ccc(-c2coc3cc(O[C@@H]4O[C@H](CO[C@@H]5O[C@H](CO)[C@@H](O)[C@H](O)[C@H]5O)[C@@H](O)[C@H](O)[C@H]4O)c(OC)c(O)c3c2=O)cc1O. The van der Waals surface area contributed by atoms with E-state index in [1.807, 2.05) is 0 Å². The summed E-state index contributed by atoms with van der Waals surface area (Å²) in [4.78, 5) is 13.4. The summed E-state index contributed by atoms with van der Waals surface area (Å²) in [5.41, 5.74) is -0.614. The summed E-state index contributed by atoms with van der Waals surface area (Å²) in [6.07, 6.45) is -15.5. The molecular weight excluding hydrogens is 620 g/mol. The second-order valence-electron chi connectivity index (χ2n) is 10.7. The molecular formula is C29H34O17. The summed E-state index contributed by atoms with van der Waals surface area (Å²) in [7, 11) is 2.52. The molecule has 3 aromatic rings. The molecule has 252 valence electrons. The average Bonchev–Trinajstić information content (AvgIpc) is 3.04. The van der Waals surface area contributed by atoms with Gasteiger partial charge in [-0.2, -0.15) is 0 Å². The van der Waals surface area contributed by atoms with E-state index in [0.29, 0.717) is 0 Å². The lowest BCUT2D eigenvalue weighted by atomic mass is 9.98. The number of benzene rings is 2. The second kappa shape index (κ2) is 13.5. The molecule has 0 bridgehead atoms. The van der Waals surface area contributed by atoms with Gasteiger partial charge in [0, 0.05) is 6.07 Å². The Morgan fingerprint density at radius 2 is 1.43 bits per heavy atom. The van der Waals surface area contributed by atoms with Crippen molar-refractivity contribution in [2.45, 2.75) is 61.4 Å². The van der Waals surface area contributed by atoms with E-state index in [-0.39, 0.29) is 45.1 Å². The standard InChI is InChI=1S/C29H34O17/c1-40-13-4-3-10(5-12(13)31)11-8-42-14-6-15(27(41-2)22(35)18(14)19(11)32)44-29-26(39)24(37)21(34)17(46-29)9-43-28-25(38)23(36)20(33)16(7-30)45-28/h3-6,8,16-17,20-21,23-26,28-31,33-39H,7,9H2,1-2H3/t16-,17-,20-,21-,23+,24+,25-,26-,28-,29-/m1/s1. The molecule has 1 aromatic heterocycles. The molecule has 0 radical (unpaired) electrons. The van der Waals surface area contributed by atoms with Gasteiger partial charge in [0.05, 0.1) is 33.0 Å². The minimum Gasteiger partial charge on any atom is -0.504 e. The number of fused-ring (bicyclic) bond motifs is 1. The summed E-state index contributed by atoms with van der Waals surface area (Å²) in [5.74, 6) is -1.43. The van der Waals surface area contributed by atoms with E-state index >= 15 is 0 Å². The number of ether oxygens (including phenoxy) is 6. The molecule has 17 heteroatoms. The summed E-state index contributed by atoms with van der Waals surface area (Å²) in [6.45, 7) is -1.31. The fourth-order valence-electron chi connectivity index (χ4n) is 5.24. The fourth-order valence-corrected chi connectivity index (χ4v) is 5.24. The topological polar surface area (TPSA) is 268 Å². The number of hydrogen-bond donors (Lipinski definition) is 9. The van der Waals surface area contributed by atoms with Crippen LogP contribution in [-0.4, -0.2) is 135 Å². The molecule has 2 fully saturated rings. The van der Waals surface area contributed by atoms with Gasteiger partial charge in [0.2, 0.25) is 17.5 Å². The lowest BCUT2D eigenvalue weighted by Gasteiger charge is -2.42. The van der Waals surface area contributed by atoms with Gasteiger partial charge >= 0.3 is 0 Å². The molecule has 2 aliphatic heterocycles. The van der Waals surface area contributed by atoms with Gasteiger partial charge in [-0.1, -0.05) is 6.07 Å². The number of phenolic OH excluding ortho intramolecular Hbond substituents is 2. The predicted octanol–water partition coefficient (Wildman–Crippen LogP) is -2.11. The maximum Gasteiger partial charge on any atom is 0.229 e. The summed E-state index contributed by atoms with van der Waals surface area (Å²) in [6, 6.07) is 5.38. The first-order valence-corrected chi connectivity index (χ1v) is 13.9. The third kappa shape index (κ3) is 6.05. The highest BCUT2D eigenvalue weighted by Gasteiger charge is 2.48. The first-order chi connectivity index (χ1) is 21.9. The number of rotatable bonds is 9. The summed E-state index contributed by atoms with van der Waals surface area (Å²) >= 11 is 0. The van der Waals surface area contributed by atoms with Gasteiger partial charge in [-0.05, 0) is 17.7 Å². The fraction of sp³-hybridized carbons (Fsp3) is 0.483. The molecule has 5 rings (SSSR count). The van der Waals surface area contributed by atoms with Crippen LogP contribution in [0.1, 0.15) is 0 Å². The molecule has 0 amide bonds. The van der Waals surface area contributed by atoms with E-state index in [1.165, 1.54) is 25.3 Å². The van der Waals surface area contributed by atoms with Gasteiger partial charge in [-0.15, -0.1) is 0 Å². The van der Waals surface area contributed by atoms with Crippen LogP contribution in [0.25, 0.3) is 22.1 Å². The molecule has 2 aromatic carbocycles. The van der Waals surface area contributed by atoms with Gasteiger partial charge in [0.15, 0.2) is 29.3 Å². The van der Waals surface area contributed by atoms with Crippen LogP contribution in [0.4, 0.5) is 0 Å². The maximum atomic E-state index is 13.4. The number of aliphatic hydroxyl groups is 7. The first kappa shape index (κ1) is 33.6. The molecule has 2 aliphatic rings. The lowest BCUT2D eigenvalue weighted by Crippen LogP contribution is -2.62. The van der Waals surface area contributed by atoms with Crippen LogP contribution in [0.15, 0.2) is 39.7 Å². The Morgan fingerprint density at radius 3 is 2.07 bits per heavy atom. The van der Waals surface area contributed by atoms with Crippen molar-refractivity contribution in [1.29, 1.82) is 0 Å². The Labute approximate surface area is 259 Å². The van der Waals surface area contributed by atoms with Crippen molar-refractivity contribution in [1.82, 2.24) is 0 Å². The quantitative estimate of drug-likeness (QED) is 0.119. The number of phenols is 2. The summed E-state index contributed by atoms with van der Waals surface area (Å²) in [5, 5.41) is 92.1. The Balaban J connectivity index is 1.39. The largest absolute Gasteiger partial charge is 0.504 e. The third-order valence-corrected chi connectivity index (χ3v) is 7.84. The van der Waals surface area contributed by atoms with Gasteiger partial charge in [-0.3, -0.25) is 4.79 Å². The van der Waals surface area contributed by atoms with E-state index in [0.717, 1.165) is 19.4 Å². The van der Waals surface area contributed by atoms with Crippen molar-refractivity contribution in [3.8, 4) is 39.9 Å². The van der Waals surface area contributed by atoms with Crippen LogP contribution in [-0.2, 0) is 14.2 Å². The van der Waals surface area contributed by atoms with Crippen molar-refractivity contribution in [2.75, 3.05) is 27.4 Å². The summed E-state index contributed by atoms with van der Waals surface area (Å²) < 4.78 is 37.9. The van der Waals surface area contributed by atoms with Gasteiger partial charge in [0.25, 0.3) is 0 Å². The Bertz CT molecular complexity index is 1590. The number of methoxy groups -OCH3 is 2. The highest BCUT2D eigenvalue weighted by atomic mass is 16.7. The molecule has 0 unspecified atom stereocenters. The van der Waals surface area contributed by atoms with Gasteiger partial charge < -0.3 is 78.8 Å². The van der Waals surface area contributed by atoms with Gasteiger partial charge in [0.1, 0.15) is 66.1 Å². The lowest BCUT2D eigenvalue weighted by molar-refractivity contribution is -0.323. The minimum atomic E-state index is -1.86. The average molecular weight is 655 g/mol. The zero-order valence-electron chi connectivity index (χ0n) is 24.4. The van der Waals surface area contributed by atoms with Crippen molar-refractivity contribution in [3.05, 3.63) is 40.8 Å². The Hall–Kier alpha value is -3.75. The molecule has 2 saturated heterocycles. The molecule has 17 nitrogen and oxygen atoms in total. The molecule has 0 spiro atoms. The van der Waals surface area contributed by atoms with E-state index in [1.54, 1.807) is 0 Å². The first-order valence-electron chi connectivity index (χ1n) is 13.9. The normalized spacial score (nSPS) is 31.5. The molecule has 10 atom stereocenters. The third-order valence-electron chi connectivity index (χ3n) is 7.84. The molecule has 46 heavy (non-hydrogen) atoms. The van der Waals surface area contributed by atoms with Crippen LogP contribution in [0.3, 0.4) is 0 Å². The Morgan fingerprint density at radius 1 is 0.783 bits per heavy atom. The van der Waals surface area contributed by atoms with Crippen LogP contribution in [0.5, 0.6) is 28.7 Å². The van der Waals surface area contributed by atoms with Crippen LogP contribution >= 0.6 is 0 Å². The second-order valence-corrected chi connectivity index (χ2v) is 10.7. The molecule has 3 heterocycles. The van der Waals surface area contributed by atoms with Crippen molar-refractivity contribution in [2.24, 2.45) is 0 Å². The van der Waals surface area contributed by atoms with Crippen molar-refractivity contribution >= 4 is 11.0 Å². The molecule has 0 aliphatic carbocycles. The zero-order valence-corrected chi connectivity index (χ0v) is 24.4. The van der Waals surface area contributed by atoms with Crippen molar-refractivity contribution in [3.63, 3.8) is 0 Å². The van der Waals surface area contributed by atoms with E-state index in [2.05, 4.69) is 0 Å². The predicted molar refractivity (Wildman–Crippen MR) is 151 cm³/mol. The van der Waals surface area contributed by atoms with Crippen LogP contribution in [0, 0.1) is 0 Å². The molecule has 9 N–H and O–H groups in total. The maximum absolute atomic E-state index is 13.4. The van der Waals surface area contributed by atoms with E-state index in [9.17, 15) is 50.8 Å². The van der Waals surface area contributed by atoms with Crippen molar-refractivity contribution < 1.29 is 78.8 Å². The minimum absolute atomic E-state index is 0.0122. The number of hydrogen-bond acceptors (Lipinski definition) is 17. The monoisotopic (exact) mass is 654 g/mol. The number of aliphatic hydroxyl groups excluding tert-OH is 7.